The SMILES string of the molecule is NC(=O)C12CCC(N3CC4(CC5CC5)C=CCN4C3=O)(CC1)CC2. The van der Waals surface area contributed by atoms with Crippen LogP contribution < -0.4 is 5.73 Å². The summed E-state index contributed by atoms with van der Waals surface area (Å²) >= 11 is 0. The fraction of sp³-hybridized carbons (Fsp3) is 0.789. The first-order chi connectivity index (χ1) is 11.5. The van der Waals surface area contributed by atoms with Crippen LogP contribution in [0, 0.1) is 11.3 Å². The van der Waals surface area contributed by atoms with E-state index in [4.69, 9.17) is 5.73 Å². The Kier molecular flexibility index (Phi) is 2.81. The van der Waals surface area contributed by atoms with Gasteiger partial charge in [0, 0.05) is 24.0 Å². The number of urea groups is 1. The first-order valence-corrected chi connectivity index (χ1v) is 9.56. The second kappa shape index (κ2) is 4.55. The second-order valence-electron chi connectivity index (χ2n) is 9.00. The minimum absolute atomic E-state index is 0.0248. The molecule has 1 atom stereocenters. The molecule has 130 valence electrons. The van der Waals surface area contributed by atoms with E-state index < -0.39 is 0 Å². The number of amides is 3. The minimum Gasteiger partial charge on any atom is -0.369 e. The van der Waals surface area contributed by atoms with Gasteiger partial charge in [0.15, 0.2) is 0 Å². The highest BCUT2D eigenvalue weighted by Crippen LogP contribution is 2.57. The van der Waals surface area contributed by atoms with E-state index in [-0.39, 0.29) is 28.4 Å². The zero-order valence-corrected chi connectivity index (χ0v) is 14.3. The zero-order valence-electron chi connectivity index (χ0n) is 14.3. The van der Waals surface area contributed by atoms with Crippen molar-refractivity contribution in [2.75, 3.05) is 13.1 Å². The van der Waals surface area contributed by atoms with E-state index >= 15 is 0 Å². The van der Waals surface area contributed by atoms with Gasteiger partial charge in [-0.2, -0.15) is 0 Å². The van der Waals surface area contributed by atoms with Crippen LogP contribution in [0.1, 0.15) is 57.8 Å². The fourth-order valence-corrected chi connectivity index (χ4v) is 5.92. The van der Waals surface area contributed by atoms with Gasteiger partial charge >= 0.3 is 6.03 Å². The lowest BCUT2D eigenvalue weighted by molar-refractivity contribution is -0.137. The number of hydrogen-bond donors (Lipinski definition) is 1. The molecule has 3 amide bonds. The van der Waals surface area contributed by atoms with E-state index in [2.05, 4.69) is 22.0 Å². The van der Waals surface area contributed by atoms with Crippen molar-refractivity contribution in [1.29, 1.82) is 0 Å². The molecule has 0 radical (unpaired) electrons. The molecule has 5 fully saturated rings. The van der Waals surface area contributed by atoms with Crippen molar-refractivity contribution in [3.63, 3.8) is 0 Å². The normalized spacial score (nSPS) is 43.6. The average molecular weight is 329 g/mol. The number of carbonyl (C=O) groups excluding carboxylic acids is 2. The van der Waals surface area contributed by atoms with Crippen LogP contribution in [-0.4, -0.2) is 45.9 Å². The van der Waals surface area contributed by atoms with Crippen molar-refractivity contribution in [2.45, 2.75) is 68.9 Å². The van der Waals surface area contributed by atoms with Gasteiger partial charge in [-0.1, -0.05) is 25.0 Å². The molecule has 0 aromatic carbocycles. The summed E-state index contributed by atoms with van der Waals surface area (Å²) in [5.74, 6) is 0.679. The third-order valence-corrected chi connectivity index (χ3v) is 7.79. The highest BCUT2D eigenvalue weighted by Gasteiger charge is 2.61. The van der Waals surface area contributed by atoms with Crippen LogP contribution in [0.3, 0.4) is 0 Å². The summed E-state index contributed by atoms with van der Waals surface area (Å²) < 4.78 is 0. The molecule has 2 heterocycles. The molecule has 24 heavy (non-hydrogen) atoms. The molecule has 0 spiro atoms. The highest BCUT2D eigenvalue weighted by atomic mass is 16.2. The summed E-state index contributed by atoms with van der Waals surface area (Å²) in [5.41, 5.74) is 5.32. The van der Waals surface area contributed by atoms with E-state index in [9.17, 15) is 9.59 Å². The Labute approximate surface area is 143 Å². The summed E-state index contributed by atoms with van der Waals surface area (Å²) in [4.78, 5) is 29.4. The molecule has 5 heteroatoms. The van der Waals surface area contributed by atoms with Gasteiger partial charge < -0.3 is 15.5 Å². The van der Waals surface area contributed by atoms with E-state index in [1.807, 2.05) is 0 Å². The van der Waals surface area contributed by atoms with Gasteiger partial charge in [-0.15, -0.1) is 0 Å². The topological polar surface area (TPSA) is 66.6 Å². The number of nitrogens with two attached hydrogens (primary N) is 1. The molecule has 2 N–H and O–H groups in total. The monoisotopic (exact) mass is 329 g/mol. The Morgan fingerprint density at radius 2 is 1.79 bits per heavy atom. The van der Waals surface area contributed by atoms with Crippen LogP contribution in [0.15, 0.2) is 12.2 Å². The van der Waals surface area contributed by atoms with Gasteiger partial charge in [-0.3, -0.25) is 4.79 Å². The van der Waals surface area contributed by atoms with E-state index in [1.165, 1.54) is 12.8 Å². The molecule has 4 saturated carbocycles. The van der Waals surface area contributed by atoms with E-state index in [1.54, 1.807) is 0 Å². The lowest BCUT2D eigenvalue weighted by Crippen LogP contribution is -2.60. The number of hydrogen-bond acceptors (Lipinski definition) is 2. The summed E-state index contributed by atoms with van der Waals surface area (Å²) in [7, 11) is 0. The van der Waals surface area contributed by atoms with Crippen LogP contribution in [0.5, 0.6) is 0 Å². The molecule has 1 saturated heterocycles. The van der Waals surface area contributed by atoms with Gasteiger partial charge in [0.2, 0.25) is 5.91 Å². The quantitative estimate of drug-likeness (QED) is 0.805. The van der Waals surface area contributed by atoms with E-state index in [0.29, 0.717) is 0 Å². The zero-order chi connectivity index (χ0) is 16.6. The summed E-state index contributed by atoms with van der Waals surface area (Å²) in [6.45, 7) is 1.62. The second-order valence-corrected chi connectivity index (χ2v) is 9.00. The molecule has 6 rings (SSSR count). The summed E-state index contributed by atoms with van der Waals surface area (Å²) in [6, 6.07) is 0.231. The van der Waals surface area contributed by atoms with Gasteiger partial charge in [0.05, 0.1) is 5.54 Å². The summed E-state index contributed by atoms with van der Waals surface area (Å²) in [5, 5.41) is 0. The molecule has 2 bridgehead atoms. The van der Waals surface area contributed by atoms with E-state index in [0.717, 1.165) is 64.0 Å². The fourth-order valence-electron chi connectivity index (χ4n) is 5.92. The molecular formula is C19H27N3O2. The Balaban J connectivity index is 1.41. The average Bonchev–Trinajstić information content (AvgIpc) is 3.23. The molecule has 6 aliphatic rings. The molecule has 0 aromatic rings. The Morgan fingerprint density at radius 3 is 2.38 bits per heavy atom. The smallest absolute Gasteiger partial charge is 0.321 e. The third-order valence-electron chi connectivity index (χ3n) is 7.79. The molecule has 1 unspecified atom stereocenters. The van der Waals surface area contributed by atoms with Crippen LogP contribution in [0.4, 0.5) is 4.79 Å². The Morgan fingerprint density at radius 1 is 1.12 bits per heavy atom. The van der Waals surface area contributed by atoms with Gasteiger partial charge in [-0.05, 0) is 50.9 Å². The predicted octanol–water partition coefficient (Wildman–Crippen LogP) is 2.41. The van der Waals surface area contributed by atoms with Crippen LogP contribution in [0.2, 0.25) is 0 Å². The van der Waals surface area contributed by atoms with Gasteiger partial charge in [0.1, 0.15) is 0 Å². The predicted molar refractivity (Wildman–Crippen MR) is 90.1 cm³/mol. The van der Waals surface area contributed by atoms with Gasteiger partial charge in [0.25, 0.3) is 0 Å². The maximum atomic E-state index is 13.2. The van der Waals surface area contributed by atoms with Gasteiger partial charge in [-0.25, -0.2) is 4.79 Å². The Hall–Kier alpha value is -1.52. The lowest BCUT2D eigenvalue weighted by Gasteiger charge is -2.55. The van der Waals surface area contributed by atoms with Crippen LogP contribution in [-0.2, 0) is 4.79 Å². The first-order valence-electron chi connectivity index (χ1n) is 9.56. The molecular weight excluding hydrogens is 302 g/mol. The largest absolute Gasteiger partial charge is 0.369 e. The number of carbonyl (C=O) groups is 2. The maximum absolute atomic E-state index is 13.2. The van der Waals surface area contributed by atoms with Crippen LogP contribution in [0.25, 0.3) is 0 Å². The standard InChI is InChI=1S/C19H27N3O2/c20-15(23)17-5-8-18(9-6-17,10-7-17)22-13-19(12-14-2-3-14)4-1-11-21(19)16(22)24/h1,4,14H,2-3,5-13H2,(H2,20,23). The highest BCUT2D eigenvalue weighted by molar-refractivity contribution is 5.83. The third kappa shape index (κ3) is 1.81. The number of nitrogens with zero attached hydrogens (tertiary/aromatic N) is 2. The van der Waals surface area contributed by atoms with Crippen LogP contribution >= 0.6 is 0 Å². The van der Waals surface area contributed by atoms with Crippen molar-refractivity contribution in [2.24, 2.45) is 17.1 Å². The van der Waals surface area contributed by atoms with Crippen molar-refractivity contribution in [3.8, 4) is 0 Å². The Bertz CT molecular complexity index is 614. The minimum atomic E-state index is -0.285. The maximum Gasteiger partial charge on any atom is 0.321 e. The first kappa shape index (κ1) is 14.8. The molecule has 0 aromatic heterocycles. The van der Waals surface area contributed by atoms with Crippen molar-refractivity contribution < 1.29 is 9.59 Å². The van der Waals surface area contributed by atoms with Crippen molar-refractivity contribution in [3.05, 3.63) is 12.2 Å². The number of primary amides is 1. The number of fused-ring (bicyclic) bond motifs is 4. The molecule has 4 aliphatic carbocycles. The lowest BCUT2D eigenvalue weighted by atomic mass is 9.56. The van der Waals surface area contributed by atoms with Crippen molar-refractivity contribution >= 4 is 11.9 Å². The molecule has 2 aliphatic heterocycles. The summed E-state index contributed by atoms with van der Waals surface area (Å²) in [6.07, 6.45) is 13.7. The van der Waals surface area contributed by atoms with Crippen molar-refractivity contribution in [1.82, 2.24) is 9.80 Å². The number of rotatable bonds is 4. The molecule has 5 nitrogen and oxygen atoms in total.